The Morgan fingerprint density at radius 1 is 1.12 bits per heavy atom. The standard InChI is InChI=1S/C25H30N2O5S/c1-2-32-25(31)20(14-13-18-9-5-3-6-10-18)26-21-16-33-17-22(19-11-7-4-8-12-19)27(24(21)30)15-23(28)29/h3-12,20-22,26H,2,13-17H2,1H3,(H,28,29)/t20-,21?,22-/m0/s1. The number of hydrogen-bond acceptors (Lipinski definition) is 6. The number of ether oxygens (including phenoxy) is 1. The first-order chi connectivity index (χ1) is 16.0. The second kappa shape index (κ2) is 12.4. The van der Waals surface area contributed by atoms with Crippen molar-refractivity contribution in [2.75, 3.05) is 24.7 Å². The molecule has 33 heavy (non-hydrogen) atoms. The van der Waals surface area contributed by atoms with Gasteiger partial charge in [0.15, 0.2) is 0 Å². The first-order valence-corrected chi connectivity index (χ1v) is 12.3. The van der Waals surface area contributed by atoms with Crippen LogP contribution in [-0.2, 0) is 25.5 Å². The molecule has 7 nitrogen and oxygen atoms in total. The van der Waals surface area contributed by atoms with Crippen molar-refractivity contribution in [2.45, 2.75) is 37.9 Å². The lowest BCUT2D eigenvalue weighted by molar-refractivity contribution is -0.149. The first-order valence-electron chi connectivity index (χ1n) is 11.1. The van der Waals surface area contributed by atoms with Crippen molar-refractivity contribution in [2.24, 2.45) is 0 Å². The Morgan fingerprint density at radius 2 is 1.79 bits per heavy atom. The van der Waals surface area contributed by atoms with E-state index in [2.05, 4.69) is 5.32 Å². The van der Waals surface area contributed by atoms with Gasteiger partial charge in [-0.15, -0.1) is 0 Å². The number of nitrogens with one attached hydrogen (secondary N) is 1. The number of benzene rings is 2. The zero-order valence-electron chi connectivity index (χ0n) is 18.7. The van der Waals surface area contributed by atoms with Crippen LogP contribution in [0, 0.1) is 0 Å². The number of rotatable bonds is 10. The maximum absolute atomic E-state index is 13.5. The minimum absolute atomic E-state index is 0.247. The van der Waals surface area contributed by atoms with E-state index < -0.39 is 30.6 Å². The Bertz CT molecular complexity index is 925. The number of aryl methyl sites for hydroxylation is 1. The van der Waals surface area contributed by atoms with E-state index in [0.29, 0.717) is 24.3 Å². The molecule has 2 aromatic rings. The second-order valence-corrected chi connectivity index (χ2v) is 8.95. The average Bonchev–Trinajstić information content (AvgIpc) is 2.96. The molecule has 1 fully saturated rings. The SMILES string of the molecule is CCOC(=O)[C@H](CCc1ccccc1)NC1CSC[C@@H](c2ccccc2)N(CC(=O)O)C1=O. The van der Waals surface area contributed by atoms with Gasteiger partial charge < -0.3 is 14.7 Å². The number of aliphatic carboxylic acids is 1. The van der Waals surface area contributed by atoms with Crippen molar-refractivity contribution in [3.63, 3.8) is 0 Å². The molecule has 1 unspecified atom stereocenters. The molecule has 1 aliphatic heterocycles. The molecule has 1 aliphatic rings. The third-order valence-electron chi connectivity index (χ3n) is 5.55. The summed E-state index contributed by atoms with van der Waals surface area (Å²) in [5.74, 6) is -0.763. The topological polar surface area (TPSA) is 95.9 Å². The van der Waals surface area contributed by atoms with Crippen LogP contribution in [0.15, 0.2) is 60.7 Å². The van der Waals surface area contributed by atoms with Gasteiger partial charge in [-0.05, 0) is 30.9 Å². The van der Waals surface area contributed by atoms with E-state index in [1.165, 1.54) is 4.90 Å². The maximum Gasteiger partial charge on any atom is 0.323 e. The van der Waals surface area contributed by atoms with Gasteiger partial charge in [-0.1, -0.05) is 60.7 Å². The highest BCUT2D eigenvalue weighted by atomic mass is 32.2. The van der Waals surface area contributed by atoms with Crippen LogP contribution in [0.4, 0.5) is 0 Å². The Hall–Kier alpha value is -2.84. The van der Waals surface area contributed by atoms with Crippen molar-refractivity contribution in [3.8, 4) is 0 Å². The van der Waals surface area contributed by atoms with E-state index in [1.807, 2.05) is 60.7 Å². The predicted molar refractivity (Wildman–Crippen MR) is 128 cm³/mol. The van der Waals surface area contributed by atoms with Crippen molar-refractivity contribution in [1.82, 2.24) is 10.2 Å². The molecule has 2 aromatic carbocycles. The highest BCUT2D eigenvalue weighted by molar-refractivity contribution is 7.99. The largest absolute Gasteiger partial charge is 0.480 e. The highest BCUT2D eigenvalue weighted by Crippen LogP contribution is 2.29. The van der Waals surface area contributed by atoms with Gasteiger partial charge in [0, 0.05) is 11.5 Å². The molecule has 1 heterocycles. The molecule has 1 saturated heterocycles. The summed E-state index contributed by atoms with van der Waals surface area (Å²) in [5, 5.41) is 12.7. The Labute approximate surface area is 198 Å². The summed E-state index contributed by atoms with van der Waals surface area (Å²) in [5.41, 5.74) is 1.98. The van der Waals surface area contributed by atoms with Gasteiger partial charge >= 0.3 is 11.9 Å². The lowest BCUT2D eigenvalue weighted by atomic mass is 10.0. The van der Waals surface area contributed by atoms with E-state index in [0.717, 1.165) is 11.1 Å². The van der Waals surface area contributed by atoms with E-state index in [4.69, 9.17) is 4.74 Å². The number of carbonyl (C=O) groups excluding carboxylic acids is 2. The van der Waals surface area contributed by atoms with Crippen LogP contribution < -0.4 is 5.32 Å². The van der Waals surface area contributed by atoms with Crippen molar-refractivity contribution in [1.29, 1.82) is 0 Å². The van der Waals surface area contributed by atoms with Gasteiger partial charge in [0.2, 0.25) is 5.91 Å². The van der Waals surface area contributed by atoms with E-state index in [9.17, 15) is 19.5 Å². The van der Waals surface area contributed by atoms with Gasteiger partial charge in [-0.25, -0.2) is 0 Å². The fourth-order valence-electron chi connectivity index (χ4n) is 3.93. The average molecular weight is 471 g/mol. The second-order valence-electron chi connectivity index (χ2n) is 7.87. The smallest absolute Gasteiger partial charge is 0.323 e. The van der Waals surface area contributed by atoms with Crippen molar-refractivity contribution in [3.05, 3.63) is 71.8 Å². The summed E-state index contributed by atoms with van der Waals surface area (Å²) in [6.07, 6.45) is 1.12. The number of hydrogen-bond donors (Lipinski definition) is 2. The molecule has 0 aliphatic carbocycles. The van der Waals surface area contributed by atoms with Gasteiger partial charge in [-0.3, -0.25) is 19.7 Å². The van der Waals surface area contributed by atoms with Crippen LogP contribution in [0.25, 0.3) is 0 Å². The molecule has 176 valence electrons. The zero-order chi connectivity index (χ0) is 23.6. The predicted octanol–water partition coefficient (Wildman–Crippen LogP) is 2.91. The molecule has 0 saturated carbocycles. The third kappa shape index (κ3) is 7.07. The van der Waals surface area contributed by atoms with Gasteiger partial charge in [-0.2, -0.15) is 11.8 Å². The normalized spacial score (nSPS) is 19.5. The fourth-order valence-corrected chi connectivity index (χ4v) is 5.13. The van der Waals surface area contributed by atoms with E-state index >= 15 is 0 Å². The number of thioether (sulfide) groups is 1. The van der Waals surface area contributed by atoms with Crippen LogP contribution >= 0.6 is 11.8 Å². The molecule has 0 radical (unpaired) electrons. The summed E-state index contributed by atoms with van der Waals surface area (Å²) >= 11 is 1.57. The molecule has 0 aromatic heterocycles. The number of carbonyl (C=O) groups is 3. The maximum atomic E-state index is 13.5. The summed E-state index contributed by atoms with van der Waals surface area (Å²) < 4.78 is 5.26. The van der Waals surface area contributed by atoms with Crippen molar-refractivity contribution >= 4 is 29.6 Å². The zero-order valence-corrected chi connectivity index (χ0v) is 19.5. The molecule has 8 heteroatoms. The molecule has 0 bridgehead atoms. The third-order valence-corrected chi connectivity index (χ3v) is 6.67. The molecule has 3 rings (SSSR count). The molecule has 2 N–H and O–H groups in total. The summed E-state index contributed by atoms with van der Waals surface area (Å²) in [6.45, 7) is 1.60. The number of nitrogens with zero attached hydrogens (tertiary/aromatic N) is 1. The minimum atomic E-state index is -1.07. The van der Waals surface area contributed by atoms with E-state index in [-0.39, 0.29) is 18.6 Å². The Morgan fingerprint density at radius 3 is 2.42 bits per heavy atom. The molecule has 1 amide bonds. The quantitative estimate of drug-likeness (QED) is 0.516. The Kier molecular flexibility index (Phi) is 9.33. The lowest BCUT2D eigenvalue weighted by Crippen LogP contribution is -2.54. The summed E-state index contributed by atoms with van der Waals surface area (Å²) in [7, 11) is 0. The number of carboxylic acid groups (broad SMARTS) is 1. The first kappa shape index (κ1) is 24.8. The van der Waals surface area contributed by atoms with Crippen molar-refractivity contribution < 1.29 is 24.2 Å². The number of esters is 1. The Balaban J connectivity index is 1.79. The molecule has 3 atom stereocenters. The highest BCUT2D eigenvalue weighted by Gasteiger charge is 2.37. The van der Waals surface area contributed by atoms with Crippen LogP contribution in [0.3, 0.4) is 0 Å². The number of carboxylic acids is 1. The van der Waals surface area contributed by atoms with Crippen LogP contribution in [0.2, 0.25) is 0 Å². The van der Waals surface area contributed by atoms with Crippen LogP contribution in [-0.4, -0.2) is 64.6 Å². The van der Waals surface area contributed by atoms with E-state index in [1.54, 1.807) is 18.7 Å². The summed E-state index contributed by atoms with van der Waals surface area (Å²) in [4.78, 5) is 39.2. The van der Waals surface area contributed by atoms with Crippen LogP contribution in [0.5, 0.6) is 0 Å². The molecular formula is C25H30N2O5S. The monoisotopic (exact) mass is 470 g/mol. The van der Waals surface area contributed by atoms with Gasteiger partial charge in [0.05, 0.1) is 18.7 Å². The lowest BCUT2D eigenvalue weighted by Gasteiger charge is -2.31. The van der Waals surface area contributed by atoms with Gasteiger partial charge in [0.25, 0.3) is 0 Å². The fraction of sp³-hybridized carbons (Fsp3) is 0.400. The van der Waals surface area contributed by atoms with Crippen LogP contribution in [0.1, 0.15) is 30.5 Å². The summed E-state index contributed by atoms with van der Waals surface area (Å²) in [6, 6.07) is 17.6. The number of amides is 1. The molecular weight excluding hydrogens is 440 g/mol. The molecule has 0 spiro atoms. The van der Waals surface area contributed by atoms with Gasteiger partial charge in [0.1, 0.15) is 12.6 Å². The minimum Gasteiger partial charge on any atom is -0.480 e.